The van der Waals surface area contributed by atoms with Crippen molar-refractivity contribution in [2.45, 2.75) is 6.92 Å². The zero-order valence-corrected chi connectivity index (χ0v) is 14.8. The van der Waals surface area contributed by atoms with Gasteiger partial charge in [0.05, 0.1) is 0 Å². The van der Waals surface area contributed by atoms with E-state index in [9.17, 15) is 5.11 Å². The highest BCUT2D eigenvalue weighted by atomic mass is 19.1. The topological polar surface area (TPSA) is 49.2 Å². The van der Waals surface area contributed by atoms with Crippen molar-refractivity contribution in [1.82, 2.24) is 9.97 Å². The van der Waals surface area contributed by atoms with Gasteiger partial charge in [0, 0.05) is 25.0 Å². The van der Waals surface area contributed by atoms with Crippen molar-refractivity contribution in [2.75, 3.05) is 19.0 Å². The van der Waals surface area contributed by atoms with Crippen LogP contribution >= 0.6 is 0 Å². The van der Waals surface area contributed by atoms with E-state index in [-0.39, 0.29) is 11.3 Å². The summed E-state index contributed by atoms with van der Waals surface area (Å²) in [5, 5.41) is 12.5. The number of fused-ring (bicyclic) bond motifs is 2. The van der Waals surface area contributed by atoms with Gasteiger partial charge in [-0.15, -0.1) is 0 Å². The number of anilines is 1. The number of phenolic OH excluding ortho intramolecular Hbond substituents is 1. The number of aryl methyl sites for hydroxylation is 1. The van der Waals surface area contributed by atoms with E-state index >= 15 is 4.39 Å². The molecule has 4 nitrogen and oxygen atoms in total. The Kier molecular flexibility index (Phi) is 3.72. The molecule has 130 valence electrons. The van der Waals surface area contributed by atoms with Crippen molar-refractivity contribution in [2.24, 2.45) is 0 Å². The van der Waals surface area contributed by atoms with Gasteiger partial charge in [0.25, 0.3) is 0 Å². The van der Waals surface area contributed by atoms with Crippen LogP contribution in [0.15, 0.2) is 48.8 Å². The first-order valence-electron chi connectivity index (χ1n) is 8.30. The molecule has 0 amide bonds. The number of phenols is 1. The summed E-state index contributed by atoms with van der Waals surface area (Å²) in [7, 11) is 3.73. The van der Waals surface area contributed by atoms with Crippen molar-refractivity contribution < 1.29 is 9.50 Å². The molecule has 3 aromatic carbocycles. The molecule has 26 heavy (non-hydrogen) atoms. The van der Waals surface area contributed by atoms with E-state index in [1.54, 1.807) is 12.1 Å². The van der Waals surface area contributed by atoms with Gasteiger partial charge in [-0.3, -0.25) is 0 Å². The lowest BCUT2D eigenvalue weighted by molar-refractivity contribution is 0.476. The predicted molar refractivity (Wildman–Crippen MR) is 103 cm³/mol. The van der Waals surface area contributed by atoms with Gasteiger partial charge >= 0.3 is 0 Å². The van der Waals surface area contributed by atoms with E-state index in [0.717, 1.165) is 16.3 Å². The van der Waals surface area contributed by atoms with E-state index in [1.165, 1.54) is 6.33 Å². The Morgan fingerprint density at radius 1 is 1.00 bits per heavy atom. The molecule has 0 aliphatic heterocycles. The van der Waals surface area contributed by atoms with Crippen LogP contribution in [0.1, 0.15) is 5.56 Å². The van der Waals surface area contributed by atoms with E-state index in [2.05, 4.69) is 9.97 Å². The van der Waals surface area contributed by atoms with E-state index in [1.807, 2.05) is 56.3 Å². The SMILES string of the molecule is Cc1cc2c(N(C)C)ncnc2c(F)c1-c1cc(O)cc2ccccc12. The number of aromatic nitrogens is 2. The molecule has 0 aliphatic rings. The van der Waals surface area contributed by atoms with Gasteiger partial charge in [-0.05, 0) is 47.0 Å². The number of halogens is 1. The smallest absolute Gasteiger partial charge is 0.157 e. The first kappa shape index (κ1) is 16.3. The number of rotatable bonds is 2. The minimum Gasteiger partial charge on any atom is -0.508 e. The molecular weight excluding hydrogens is 329 g/mol. The average Bonchev–Trinajstić information content (AvgIpc) is 2.61. The summed E-state index contributed by atoms with van der Waals surface area (Å²) in [5.41, 5.74) is 2.15. The highest BCUT2D eigenvalue weighted by Gasteiger charge is 2.19. The molecule has 0 unspecified atom stereocenters. The van der Waals surface area contributed by atoms with E-state index in [0.29, 0.717) is 22.3 Å². The van der Waals surface area contributed by atoms with Crippen LogP contribution in [0.3, 0.4) is 0 Å². The second-order valence-corrected chi connectivity index (χ2v) is 6.58. The minimum atomic E-state index is -0.402. The van der Waals surface area contributed by atoms with Crippen LogP contribution in [0.25, 0.3) is 32.8 Å². The zero-order valence-electron chi connectivity index (χ0n) is 14.8. The third-order valence-corrected chi connectivity index (χ3v) is 4.58. The van der Waals surface area contributed by atoms with Crippen molar-refractivity contribution >= 4 is 27.5 Å². The van der Waals surface area contributed by atoms with Gasteiger partial charge in [0.1, 0.15) is 23.4 Å². The monoisotopic (exact) mass is 347 g/mol. The Bertz CT molecular complexity index is 1150. The predicted octanol–water partition coefficient (Wildman–Crippen LogP) is 4.67. The molecule has 0 spiro atoms. The van der Waals surface area contributed by atoms with Gasteiger partial charge in [-0.2, -0.15) is 0 Å². The molecule has 4 rings (SSSR count). The first-order chi connectivity index (χ1) is 12.5. The Morgan fingerprint density at radius 2 is 1.77 bits per heavy atom. The van der Waals surface area contributed by atoms with Gasteiger partial charge < -0.3 is 10.0 Å². The minimum absolute atomic E-state index is 0.106. The summed E-state index contributed by atoms with van der Waals surface area (Å²) >= 11 is 0. The quantitative estimate of drug-likeness (QED) is 0.572. The number of aromatic hydroxyl groups is 1. The number of nitrogens with zero attached hydrogens (tertiary/aromatic N) is 3. The fraction of sp³-hybridized carbons (Fsp3) is 0.143. The summed E-state index contributed by atoms with van der Waals surface area (Å²) < 4.78 is 15.5. The van der Waals surface area contributed by atoms with Crippen LogP contribution < -0.4 is 4.90 Å². The summed E-state index contributed by atoms with van der Waals surface area (Å²) in [6, 6.07) is 12.8. The molecular formula is C21H18FN3O. The summed E-state index contributed by atoms with van der Waals surface area (Å²) in [4.78, 5) is 10.3. The molecule has 0 radical (unpaired) electrons. The molecule has 0 saturated heterocycles. The van der Waals surface area contributed by atoms with Gasteiger partial charge in [0.15, 0.2) is 5.82 Å². The maximum atomic E-state index is 15.5. The summed E-state index contributed by atoms with van der Waals surface area (Å²) in [6.07, 6.45) is 1.38. The van der Waals surface area contributed by atoms with Crippen LogP contribution in [-0.4, -0.2) is 29.2 Å². The molecule has 4 aromatic rings. The molecule has 0 bridgehead atoms. The first-order valence-corrected chi connectivity index (χ1v) is 8.30. The summed E-state index contributed by atoms with van der Waals surface area (Å²) in [6.45, 7) is 1.86. The maximum absolute atomic E-state index is 15.5. The maximum Gasteiger partial charge on any atom is 0.157 e. The van der Waals surface area contributed by atoms with Crippen molar-refractivity contribution in [1.29, 1.82) is 0 Å². The fourth-order valence-corrected chi connectivity index (χ4v) is 3.46. The fourth-order valence-electron chi connectivity index (χ4n) is 3.46. The van der Waals surface area contributed by atoms with Crippen molar-refractivity contribution in [3.63, 3.8) is 0 Å². The number of hydrogen-bond acceptors (Lipinski definition) is 4. The largest absolute Gasteiger partial charge is 0.508 e. The molecule has 1 heterocycles. The third-order valence-electron chi connectivity index (χ3n) is 4.58. The molecule has 0 atom stereocenters. The zero-order chi connectivity index (χ0) is 18.4. The molecule has 5 heteroatoms. The number of benzene rings is 3. The van der Waals surface area contributed by atoms with Crippen molar-refractivity contribution in [3.05, 3.63) is 60.2 Å². The van der Waals surface area contributed by atoms with Gasteiger partial charge in [-0.25, -0.2) is 14.4 Å². The molecule has 0 aliphatic carbocycles. The van der Waals surface area contributed by atoms with Crippen LogP contribution in [0, 0.1) is 12.7 Å². The van der Waals surface area contributed by atoms with Crippen LogP contribution in [0.5, 0.6) is 5.75 Å². The normalized spacial score (nSPS) is 11.2. The Morgan fingerprint density at radius 3 is 2.54 bits per heavy atom. The lowest BCUT2D eigenvalue weighted by Gasteiger charge is -2.17. The second kappa shape index (κ2) is 5.95. The van der Waals surface area contributed by atoms with Crippen molar-refractivity contribution in [3.8, 4) is 16.9 Å². The summed E-state index contributed by atoms with van der Waals surface area (Å²) in [5.74, 6) is 0.375. The molecule has 0 saturated carbocycles. The second-order valence-electron chi connectivity index (χ2n) is 6.58. The third kappa shape index (κ3) is 2.44. The van der Waals surface area contributed by atoms with E-state index in [4.69, 9.17) is 0 Å². The lowest BCUT2D eigenvalue weighted by Crippen LogP contribution is -2.12. The standard InChI is InChI=1S/C21H18FN3O/c1-12-8-17-20(23-11-24-21(17)25(2)3)19(22)18(12)16-10-14(26)9-13-6-4-5-7-15(13)16/h4-11,26H,1-3H3. The average molecular weight is 347 g/mol. The van der Waals surface area contributed by atoms with Gasteiger partial charge in [-0.1, -0.05) is 24.3 Å². The molecule has 0 fully saturated rings. The Hall–Kier alpha value is -3.21. The van der Waals surface area contributed by atoms with Crippen LogP contribution in [0.4, 0.5) is 10.2 Å². The van der Waals surface area contributed by atoms with Crippen LogP contribution in [0.2, 0.25) is 0 Å². The van der Waals surface area contributed by atoms with E-state index < -0.39 is 5.82 Å². The number of hydrogen-bond donors (Lipinski definition) is 1. The highest BCUT2D eigenvalue weighted by Crippen LogP contribution is 2.39. The van der Waals surface area contributed by atoms with Crippen LogP contribution in [-0.2, 0) is 0 Å². The Labute approximate surface area is 150 Å². The lowest BCUT2D eigenvalue weighted by atomic mass is 9.93. The van der Waals surface area contributed by atoms with Gasteiger partial charge in [0.2, 0.25) is 0 Å². The highest BCUT2D eigenvalue weighted by molar-refractivity contribution is 6.02. The molecule has 1 N–H and O–H groups in total. The Balaban J connectivity index is 2.11. The molecule has 1 aromatic heterocycles.